The molecule has 0 saturated heterocycles. The molecule has 1 saturated carbocycles. The topological polar surface area (TPSA) is 104 Å². The number of aromatic nitrogens is 5. The van der Waals surface area contributed by atoms with E-state index in [0.717, 1.165) is 24.0 Å². The van der Waals surface area contributed by atoms with E-state index >= 15 is 0 Å². The molecule has 0 radical (unpaired) electrons. The predicted octanol–water partition coefficient (Wildman–Crippen LogP) is 1.51. The molecule has 1 aliphatic carbocycles. The lowest BCUT2D eigenvalue weighted by atomic mass is 10.1. The summed E-state index contributed by atoms with van der Waals surface area (Å²) in [5, 5.41) is 11.6. The number of ether oxygens (including phenoxy) is 2. The van der Waals surface area contributed by atoms with Gasteiger partial charge in [0.05, 0.1) is 32.3 Å². The maximum absolute atomic E-state index is 5.55. The summed E-state index contributed by atoms with van der Waals surface area (Å²) in [5.41, 5.74) is 2.87. The summed E-state index contributed by atoms with van der Waals surface area (Å²) in [4.78, 5) is 13.0. The van der Waals surface area contributed by atoms with Crippen molar-refractivity contribution in [1.29, 1.82) is 0 Å². The summed E-state index contributed by atoms with van der Waals surface area (Å²) in [6.07, 6.45) is 5.61. The summed E-state index contributed by atoms with van der Waals surface area (Å²) < 4.78 is 15.9. The average molecular weight is 378 g/mol. The molecule has 142 valence electrons. The summed E-state index contributed by atoms with van der Waals surface area (Å²) in [5.74, 6) is 1.82. The van der Waals surface area contributed by atoms with Crippen LogP contribution in [0.2, 0.25) is 0 Å². The van der Waals surface area contributed by atoms with Gasteiger partial charge in [0, 0.05) is 17.2 Å². The zero-order valence-corrected chi connectivity index (χ0v) is 15.8. The molecule has 0 unspecified atom stereocenters. The maximum Gasteiger partial charge on any atom is 0.322 e. The second-order valence-corrected chi connectivity index (χ2v) is 6.27. The van der Waals surface area contributed by atoms with Gasteiger partial charge in [-0.15, -0.1) is 10.2 Å². The van der Waals surface area contributed by atoms with Gasteiger partial charge in [-0.2, -0.15) is 0 Å². The highest BCUT2D eigenvalue weighted by Gasteiger charge is 2.22. The van der Waals surface area contributed by atoms with Crippen molar-refractivity contribution in [3.63, 3.8) is 0 Å². The molecule has 1 N–H and O–H groups in total. The van der Waals surface area contributed by atoms with Crippen LogP contribution >= 0.6 is 0 Å². The van der Waals surface area contributed by atoms with Gasteiger partial charge < -0.3 is 19.4 Å². The SMILES string of the molecule is BOc1cc(-c2cnc(OC)c(OC)n2)ccc1-c1cnc(NC2CC2)nn1. The van der Waals surface area contributed by atoms with E-state index in [9.17, 15) is 0 Å². The average Bonchev–Trinajstić information content (AvgIpc) is 3.57. The molecule has 2 aromatic heterocycles. The fraction of sp³-hybridized carbons (Fsp3) is 0.278. The number of hydrogen-bond donors (Lipinski definition) is 1. The van der Waals surface area contributed by atoms with Gasteiger partial charge in [0.15, 0.2) is 0 Å². The van der Waals surface area contributed by atoms with Gasteiger partial charge >= 0.3 is 8.05 Å². The zero-order chi connectivity index (χ0) is 19.5. The second-order valence-electron chi connectivity index (χ2n) is 6.27. The molecule has 28 heavy (non-hydrogen) atoms. The highest BCUT2D eigenvalue weighted by Crippen LogP contribution is 2.33. The normalized spacial score (nSPS) is 13.1. The first kappa shape index (κ1) is 18.0. The Labute approximate surface area is 163 Å². The summed E-state index contributed by atoms with van der Waals surface area (Å²) in [6, 6.07) is 6.14. The van der Waals surface area contributed by atoms with Gasteiger partial charge in [-0.3, -0.25) is 0 Å². The standard InChI is InChI=1S/C18H19BN6O3/c1-26-16-17(27-2)23-13(8-20-16)10-3-6-12(15(7-10)28-19)14-9-21-18(25-24-14)22-11-4-5-11/h3,6-9,11H,4-5,19H2,1-2H3,(H,21,22,25). The molecular weight excluding hydrogens is 359 g/mol. The molecule has 1 fully saturated rings. The Morgan fingerprint density at radius 1 is 1.00 bits per heavy atom. The lowest BCUT2D eigenvalue weighted by Crippen LogP contribution is -2.06. The first-order valence-corrected chi connectivity index (χ1v) is 8.82. The minimum absolute atomic E-state index is 0.317. The Balaban J connectivity index is 1.64. The van der Waals surface area contributed by atoms with Crippen molar-refractivity contribution in [3.8, 4) is 40.0 Å². The molecule has 9 nitrogen and oxygen atoms in total. The number of nitrogens with zero attached hydrogens (tertiary/aromatic N) is 5. The predicted molar refractivity (Wildman–Crippen MR) is 105 cm³/mol. The van der Waals surface area contributed by atoms with Crippen molar-refractivity contribution in [2.24, 2.45) is 0 Å². The van der Waals surface area contributed by atoms with Crippen molar-refractivity contribution in [1.82, 2.24) is 25.1 Å². The number of nitrogens with one attached hydrogen (secondary N) is 1. The Morgan fingerprint density at radius 2 is 1.79 bits per heavy atom. The smallest absolute Gasteiger partial charge is 0.322 e. The van der Waals surface area contributed by atoms with Gasteiger partial charge in [0.2, 0.25) is 5.95 Å². The largest absolute Gasteiger partial charge is 0.567 e. The third-order valence-electron chi connectivity index (χ3n) is 4.34. The molecule has 0 amide bonds. The van der Waals surface area contributed by atoms with Gasteiger partial charge in [0.25, 0.3) is 11.8 Å². The maximum atomic E-state index is 5.55. The monoisotopic (exact) mass is 378 g/mol. The third kappa shape index (κ3) is 3.66. The lowest BCUT2D eigenvalue weighted by molar-refractivity contribution is 0.332. The fourth-order valence-corrected chi connectivity index (χ4v) is 2.71. The van der Waals surface area contributed by atoms with E-state index in [-0.39, 0.29) is 0 Å². The van der Waals surface area contributed by atoms with E-state index in [1.54, 1.807) is 20.4 Å². The van der Waals surface area contributed by atoms with Crippen LogP contribution in [0, 0.1) is 0 Å². The first-order chi connectivity index (χ1) is 13.7. The third-order valence-corrected chi connectivity index (χ3v) is 4.34. The quantitative estimate of drug-likeness (QED) is 0.613. The van der Waals surface area contributed by atoms with E-state index < -0.39 is 0 Å². The number of anilines is 1. The van der Waals surface area contributed by atoms with Gasteiger partial charge in [0.1, 0.15) is 11.4 Å². The summed E-state index contributed by atoms with van der Waals surface area (Å²) in [7, 11) is 4.64. The van der Waals surface area contributed by atoms with E-state index in [4.69, 9.17) is 14.1 Å². The van der Waals surface area contributed by atoms with Crippen LogP contribution in [0.5, 0.6) is 17.5 Å². The Morgan fingerprint density at radius 3 is 2.43 bits per heavy atom. The Bertz CT molecular complexity index is 982. The molecular formula is C18H19BN6O3. The van der Waals surface area contributed by atoms with Crippen LogP contribution < -0.4 is 19.4 Å². The van der Waals surface area contributed by atoms with Gasteiger partial charge in [-0.1, -0.05) is 6.07 Å². The Hall–Kier alpha value is -3.43. The molecule has 10 heteroatoms. The molecule has 4 rings (SSSR count). The molecule has 0 spiro atoms. The van der Waals surface area contributed by atoms with Crippen molar-refractivity contribution in [2.45, 2.75) is 18.9 Å². The minimum Gasteiger partial charge on any atom is -0.567 e. The van der Waals surface area contributed by atoms with Crippen LogP contribution in [-0.4, -0.2) is 53.5 Å². The van der Waals surface area contributed by atoms with Crippen LogP contribution in [0.25, 0.3) is 22.5 Å². The van der Waals surface area contributed by atoms with Gasteiger partial charge in [-0.05, 0) is 25.0 Å². The van der Waals surface area contributed by atoms with Crippen LogP contribution in [0.3, 0.4) is 0 Å². The molecule has 1 aliphatic rings. The number of benzene rings is 1. The number of hydrogen-bond acceptors (Lipinski definition) is 9. The second kappa shape index (κ2) is 7.67. The van der Waals surface area contributed by atoms with E-state index in [2.05, 4.69) is 30.5 Å². The first-order valence-electron chi connectivity index (χ1n) is 8.82. The lowest BCUT2D eigenvalue weighted by Gasteiger charge is -2.12. The molecule has 2 heterocycles. The van der Waals surface area contributed by atoms with Gasteiger partial charge in [-0.25, -0.2) is 15.0 Å². The van der Waals surface area contributed by atoms with Crippen molar-refractivity contribution in [3.05, 3.63) is 30.6 Å². The van der Waals surface area contributed by atoms with Crippen LogP contribution in [-0.2, 0) is 0 Å². The van der Waals surface area contributed by atoms with Crippen LogP contribution in [0.4, 0.5) is 5.95 Å². The van der Waals surface area contributed by atoms with Crippen LogP contribution in [0.15, 0.2) is 30.6 Å². The molecule has 1 aromatic carbocycles. The highest BCUT2D eigenvalue weighted by atomic mass is 16.5. The minimum atomic E-state index is 0.317. The summed E-state index contributed by atoms with van der Waals surface area (Å²) >= 11 is 0. The van der Waals surface area contributed by atoms with Crippen molar-refractivity contribution >= 4 is 14.0 Å². The van der Waals surface area contributed by atoms with Crippen molar-refractivity contribution in [2.75, 3.05) is 19.5 Å². The molecule has 3 aromatic rings. The Kier molecular flexibility index (Phi) is 4.92. The molecule has 0 aliphatic heterocycles. The number of rotatable bonds is 7. The highest BCUT2D eigenvalue weighted by molar-refractivity contribution is 6.01. The van der Waals surface area contributed by atoms with Crippen molar-refractivity contribution < 1.29 is 14.1 Å². The number of methoxy groups -OCH3 is 2. The summed E-state index contributed by atoms with van der Waals surface area (Å²) in [6.45, 7) is 0. The zero-order valence-electron chi connectivity index (χ0n) is 15.8. The fourth-order valence-electron chi connectivity index (χ4n) is 2.71. The van der Waals surface area contributed by atoms with E-state index in [1.165, 1.54) is 14.2 Å². The van der Waals surface area contributed by atoms with E-state index in [0.29, 0.717) is 40.9 Å². The van der Waals surface area contributed by atoms with E-state index in [1.807, 2.05) is 18.2 Å². The molecule has 0 bridgehead atoms. The van der Waals surface area contributed by atoms with Crippen LogP contribution in [0.1, 0.15) is 12.8 Å². The molecule has 0 atom stereocenters.